The first-order chi connectivity index (χ1) is 16.8. The van der Waals surface area contributed by atoms with Crippen molar-refractivity contribution in [3.05, 3.63) is 83.2 Å². The summed E-state index contributed by atoms with van der Waals surface area (Å²) >= 11 is 6.19. The minimum absolute atomic E-state index is 0.0117. The predicted molar refractivity (Wildman–Crippen MR) is 129 cm³/mol. The molecule has 1 unspecified atom stereocenters. The highest BCUT2D eigenvalue weighted by Gasteiger charge is 2.20. The van der Waals surface area contributed by atoms with Gasteiger partial charge >= 0.3 is 12.2 Å². The smallest absolute Gasteiger partial charge is 0.449 e. The van der Waals surface area contributed by atoms with Crippen LogP contribution in [0.15, 0.2) is 71.4 Å². The van der Waals surface area contributed by atoms with Crippen LogP contribution in [-0.2, 0) is 4.74 Å². The molecular weight excluding hydrogens is 474 g/mol. The average Bonchev–Trinajstić information content (AvgIpc) is 3.19. The number of amides is 1. The third kappa shape index (κ3) is 5.59. The van der Waals surface area contributed by atoms with E-state index in [1.165, 1.54) is 12.3 Å². The number of anilines is 1. The van der Waals surface area contributed by atoms with Gasteiger partial charge in [-0.15, -0.1) is 0 Å². The molecule has 2 heterocycles. The topological polar surface area (TPSA) is 124 Å². The van der Waals surface area contributed by atoms with Gasteiger partial charge in [0.15, 0.2) is 5.76 Å². The number of carbonyl (C=O) groups excluding carboxylic acids is 1. The SMILES string of the molecule is Cc1onc(-c2ccc(-c3ccc(OC(=O)O)nc3)cc2)c1NC(=O)OC(C)c1ccccc1Cl. The van der Waals surface area contributed by atoms with Gasteiger partial charge in [-0.3, -0.25) is 5.32 Å². The molecular formula is C25H20ClN3O6. The van der Waals surface area contributed by atoms with Gasteiger partial charge in [-0.25, -0.2) is 14.6 Å². The summed E-state index contributed by atoms with van der Waals surface area (Å²) in [5, 5.41) is 16.0. The lowest BCUT2D eigenvalue weighted by molar-refractivity contribution is 0.121. The lowest BCUT2D eigenvalue weighted by Crippen LogP contribution is -2.17. The van der Waals surface area contributed by atoms with E-state index in [4.69, 9.17) is 26.0 Å². The van der Waals surface area contributed by atoms with Gasteiger partial charge in [0.2, 0.25) is 5.88 Å². The van der Waals surface area contributed by atoms with Crippen molar-refractivity contribution in [2.75, 3.05) is 5.32 Å². The highest BCUT2D eigenvalue weighted by atomic mass is 35.5. The maximum Gasteiger partial charge on any atom is 0.512 e. The van der Waals surface area contributed by atoms with E-state index in [-0.39, 0.29) is 5.88 Å². The molecule has 1 atom stereocenters. The Morgan fingerprint density at radius 3 is 2.37 bits per heavy atom. The number of nitrogens with one attached hydrogen (secondary N) is 1. The molecule has 0 radical (unpaired) electrons. The minimum atomic E-state index is -1.43. The van der Waals surface area contributed by atoms with E-state index in [2.05, 4.69) is 20.2 Å². The van der Waals surface area contributed by atoms with Crippen LogP contribution >= 0.6 is 11.6 Å². The zero-order chi connectivity index (χ0) is 24.9. The molecule has 35 heavy (non-hydrogen) atoms. The average molecular weight is 494 g/mol. The van der Waals surface area contributed by atoms with Gasteiger partial charge in [0.1, 0.15) is 17.5 Å². The van der Waals surface area contributed by atoms with Gasteiger partial charge in [0.25, 0.3) is 0 Å². The fourth-order valence-corrected chi connectivity index (χ4v) is 3.69. The van der Waals surface area contributed by atoms with E-state index in [0.29, 0.717) is 33.3 Å². The molecule has 0 aliphatic heterocycles. The molecule has 2 aromatic heterocycles. The maximum absolute atomic E-state index is 12.6. The van der Waals surface area contributed by atoms with Crippen LogP contribution in [0.1, 0.15) is 24.4 Å². The number of rotatable bonds is 6. The Kier molecular flexibility index (Phi) is 6.98. The molecule has 0 fully saturated rings. The molecule has 1 amide bonds. The second-order valence-electron chi connectivity index (χ2n) is 7.49. The number of benzene rings is 2. The lowest BCUT2D eigenvalue weighted by Gasteiger charge is -2.15. The van der Waals surface area contributed by atoms with E-state index in [1.54, 1.807) is 38.1 Å². The van der Waals surface area contributed by atoms with Gasteiger partial charge < -0.3 is 19.1 Å². The third-order valence-electron chi connectivity index (χ3n) is 5.14. The van der Waals surface area contributed by atoms with E-state index < -0.39 is 18.4 Å². The zero-order valence-corrected chi connectivity index (χ0v) is 19.4. The molecule has 10 heteroatoms. The number of nitrogens with zero attached hydrogens (tertiary/aromatic N) is 2. The summed E-state index contributed by atoms with van der Waals surface area (Å²) in [6.45, 7) is 3.42. The van der Waals surface area contributed by atoms with Gasteiger partial charge in [0.05, 0.1) is 0 Å². The monoisotopic (exact) mass is 493 g/mol. The second kappa shape index (κ2) is 10.3. The van der Waals surface area contributed by atoms with Crippen molar-refractivity contribution in [1.82, 2.24) is 10.1 Å². The quantitative estimate of drug-likeness (QED) is 0.283. The molecule has 0 spiro atoms. The molecule has 2 aromatic carbocycles. The van der Waals surface area contributed by atoms with E-state index in [1.807, 2.05) is 30.3 Å². The highest BCUT2D eigenvalue weighted by Crippen LogP contribution is 2.33. The summed E-state index contributed by atoms with van der Waals surface area (Å²) in [6.07, 6.45) is -1.15. The van der Waals surface area contributed by atoms with Crippen molar-refractivity contribution in [3.63, 3.8) is 0 Å². The first kappa shape index (κ1) is 23.8. The molecule has 4 rings (SSSR count). The Balaban J connectivity index is 1.48. The normalized spacial score (nSPS) is 11.5. The molecule has 178 valence electrons. The van der Waals surface area contributed by atoms with Crippen molar-refractivity contribution in [1.29, 1.82) is 0 Å². The van der Waals surface area contributed by atoms with Gasteiger partial charge in [-0.2, -0.15) is 0 Å². The van der Waals surface area contributed by atoms with Crippen LogP contribution in [0, 0.1) is 6.92 Å². The third-order valence-corrected chi connectivity index (χ3v) is 5.48. The number of aromatic nitrogens is 2. The number of halogens is 1. The van der Waals surface area contributed by atoms with Crippen LogP contribution < -0.4 is 10.1 Å². The summed E-state index contributed by atoms with van der Waals surface area (Å²) in [4.78, 5) is 27.2. The van der Waals surface area contributed by atoms with E-state index in [0.717, 1.165) is 11.1 Å². The van der Waals surface area contributed by atoms with Crippen molar-refractivity contribution < 1.29 is 28.7 Å². The molecule has 0 saturated heterocycles. The number of aryl methyl sites for hydroxylation is 1. The maximum atomic E-state index is 12.6. The van der Waals surface area contributed by atoms with Crippen LogP contribution in [0.2, 0.25) is 5.02 Å². The Bertz CT molecular complexity index is 1350. The summed E-state index contributed by atoms with van der Waals surface area (Å²) in [6, 6.07) is 17.6. The Hall–Kier alpha value is -4.37. The summed E-state index contributed by atoms with van der Waals surface area (Å²) in [5.74, 6) is 0.409. The van der Waals surface area contributed by atoms with Crippen LogP contribution in [0.25, 0.3) is 22.4 Å². The Morgan fingerprint density at radius 1 is 1.03 bits per heavy atom. The van der Waals surface area contributed by atoms with Crippen molar-refractivity contribution in [3.8, 4) is 28.3 Å². The lowest BCUT2D eigenvalue weighted by atomic mass is 10.0. The Morgan fingerprint density at radius 2 is 1.71 bits per heavy atom. The number of pyridine rings is 1. The van der Waals surface area contributed by atoms with Crippen molar-refractivity contribution >= 4 is 29.5 Å². The molecule has 0 saturated carbocycles. The fourth-order valence-electron chi connectivity index (χ4n) is 3.40. The predicted octanol–water partition coefficient (Wildman–Crippen LogP) is 6.73. The summed E-state index contributed by atoms with van der Waals surface area (Å²) in [5.41, 5.74) is 3.84. The van der Waals surface area contributed by atoms with Crippen LogP contribution in [-0.4, -0.2) is 27.5 Å². The number of carboxylic acid groups (broad SMARTS) is 1. The molecule has 2 N–H and O–H groups in total. The standard InChI is InChI=1S/C25H20ClN3O6/c1-14(19-5-3-4-6-20(19)26)33-24(30)28-22-15(2)35-29-23(22)17-9-7-16(8-10-17)18-11-12-21(27-13-18)34-25(31)32/h3-14H,1-2H3,(H,28,30)(H,31,32). The fraction of sp³-hybridized carbons (Fsp3) is 0.120. The minimum Gasteiger partial charge on any atom is -0.449 e. The van der Waals surface area contributed by atoms with Crippen LogP contribution in [0.5, 0.6) is 5.88 Å². The summed E-state index contributed by atoms with van der Waals surface area (Å²) in [7, 11) is 0. The zero-order valence-electron chi connectivity index (χ0n) is 18.7. The number of ether oxygens (including phenoxy) is 2. The molecule has 4 aromatic rings. The van der Waals surface area contributed by atoms with Gasteiger partial charge in [0, 0.05) is 34.0 Å². The first-order valence-corrected chi connectivity index (χ1v) is 10.9. The van der Waals surface area contributed by atoms with E-state index >= 15 is 0 Å². The number of hydrogen-bond donors (Lipinski definition) is 2. The second-order valence-corrected chi connectivity index (χ2v) is 7.89. The van der Waals surface area contributed by atoms with Gasteiger partial charge in [-0.05, 0) is 31.5 Å². The number of carbonyl (C=O) groups is 2. The molecule has 9 nitrogen and oxygen atoms in total. The summed E-state index contributed by atoms with van der Waals surface area (Å²) < 4.78 is 15.3. The highest BCUT2D eigenvalue weighted by molar-refractivity contribution is 6.31. The van der Waals surface area contributed by atoms with Crippen molar-refractivity contribution in [2.45, 2.75) is 20.0 Å². The van der Waals surface area contributed by atoms with Crippen LogP contribution in [0.4, 0.5) is 15.3 Å². The number of hydrogen-bond acceptors (Lipinski definition) is 7. The Labute approximate surface area is 205 Å². The largest absolute Gasteiger partial charge is 0.512 e. The first-order valence-electron chi connectivity index (χ1n) is 10.5. The van der Waals surface area contributed by atoms with Crippen LogP contribution in [0.3, 0.4) is 0 Å². The van der Waals surface area contributed by atoms with Gasteiger partial charge in [-0.1, -0.05) is 59.2 Å². The van der Waals surface area contributed by atoms with Crippen molar-refractivity contribution in [2.24, 2.45) is 0 Å². The molecule has 0 aliphatic rings. The van der Waals surface area contributed by atoms with E-state index in [9.17, 15) is 9.59 Å². The molecule has 0 bridgehead atoms. The molecule has 0 aliphatic carbocycles.